The van der Waals surface area contributed by atoms with Gasteiger partial charge in [-0.3, -0.25) is 0 Å². The van der Waals surface area contributed by atoms with Crippen molar-refractivity contribution in [2.45, 2.75) is 39.1 Å². The molecule has 0 aliphatic rings. The zero-order valence-corrected chi connectivity index (χ0v) is 11.8. The minimum absolute atomic E-state index is 1.09. The molecule has 0 radical (unpaired) electrons. The Kier molecular flexibility index (Phi) is 8.66. The number of hydrogen-bond acceptors (Lipinski definition) is 10. The fourth-order valence-corrected chi connectivity index (χ4v) is 1.23. The summed E-state index contributed by atoms with van der Waals surface area (Å²) in [5.41, 5.74) is 0. The highest BCUT2D eigenvalue weighted by Gasteiger charge is 2.35. The van der Waals surface area contributed by atoms with Crippen molar-refractivity contribution < 1.29 is 33.3 Å². The van der Waals surface area contributed by atoms with Crippen LogP contribution in [0.5, 0.6) is 0 Å². The van der Waals surface area contributed by atoms with Crippen molar-refractivity contribution in [1.29, 1.82) is 15.8 Å². The molecule has 3 atom stereocenters. The van der Waals surface area contributed by atoms with Crippen LogP contribution in [0.2, 0.25) is 0 Å². The van der Waals surface area contributed by atoms with Crippen LogP contribution in [0.25, 0.3) is 0 Å². The maximum atomic E-state index is 11.9. The van der Waals surface area contributed by atoms with E-state index in [4.69, 9.17) is 15.8 Å². The first-order chi connectivity index (χ1) is 9.36. The van der Waals surface area contributed by atoms with Crippen molar-refractivity contribution in [2.24, 2.45) is 0 Å². The Morgan fingerprint density at radius 3 is 1.20 bits per heavy atom. The SMILES string of the molecule is CC(C#N)OOP(=O)(OOC(C)C#N)OOC(C)C#N. The fraction of sp³-hybridized carbons (Fsp3) is 0.667. The normalized spacial score (nSPS) is 17.8. The Morgan fingerprint density at radius 1 is 0.750 bits per heavy atom. The zero-order valence-electron chi connectivity index (χ0n) is 10.9. The van der Waals surface area contributed by atoms with Crippen molar-refractivity contribution in [3.63, 3.8) is 0 Å². The number of hydrogen-bond donors (Lipinski definition) is 0. The summed E-state index contributed by atoms with van der Waals surface area (Å²) in [5, 5.41) is 25.4. The predicted molar refractivity (Wildman–Crippen MR) is 59.3 cm³/mol. The van der Waals surface area contributed by atoms with Crippen LogP contribution in [0.4, 0.5) is 0 Å². The van der Waals surface area contributed by atoms with E-state index in [1.807, 2.05) is 0 Å². The van der Waals surface area contributed by atoms with Crippen molar-refractivity contribution in [3.8, 4) is 18.2 Å². The molecule has 3 unspecified atom stereocenters. The topological polar surface area (TPSA) is 144 Å². The first-order valence-corrected chi connectivity index (χ1v) is 6.67. The highest BCUT2D eigenvalue weighted by atomic mass is 31.2. The van der Waals surface area contributed by atoms with Crippen molar-refractivity contribution >= 4 is 7.82 Å². The summed E-state index contributed by atoms with van der Waals surface area (Å²) in [6, 6.07) is 4.87. The van der Waals surface area contributed by atoms with Crippen LogP contribution in [-0.2, 0) is 33.3 Å². The van der Waals surface area contributed by atoms with E-state index in [0.717, 1.165) is 0 Å². The summed E-state index contributed by atoms with van der Waals surface area (Å²) < 4.78 is 24.8. The molecule has 0 fully saturated rings. The van der Waals surface area contributed by atoms with Gasteiger partial charge in [-0.2, -0.15) is 15.8 Å². The van der Waals surface area contributed by atoms with E-state index < -0.39 is 26.1 Å². The number of rotatable bonds is 9. The molecule has 11 heteroatoms. The molecule has 0 heterocycles. The molecule has 0 aromatic rings. The minimum atomic E-state index is -4.54. The van der Waals surface area contributed by atoms with Crippen LogP contribution in [0.15, 0.2) is 0 Å². The van der Waals surface area contributed by atoms with Crippen molar-refractivity contribution in [3.05, 3.63) is 0 Å². The van der Waals surface area contributed by atoms with Gasteiger partial charge in [-0.05, 0) is 20.8 Å². The molecule has 0 spiro atoms. The van der Waals surface area contributed by atoms with Gasteiger partial charge in [0.2, 0.25) is 0 Å². The molecule has 0 bridgehead atoms. The van der Waals surface area contributed by atoms with Crippen LogP contribution in [0.1, 0.15) is 20.8 Å². The van der Waals surface area contributed by atoms with E-state index in [1.165, 1.54) is 20.8 Å². The second kappa shape index (κ2) is 9.38. The monoisotopic (exact) mass is 305 g/mol. The van der Waals surface area contributed by atoms with Crippen LogP contribution in [0.3, 0.4) is 0 Å². The molecular formula is C9H12N3O7P. The van der Waals surface area contributed by atoms with Crippen LogP contribution < -0.4 is 0 Å². The molecule has 0 rings (SSSR count). The van der Waals surface area contributed by atoms with Crippen molar-refractivity contribution in [1.82, 2.24) is 0 Å². The molecule has 0 aliphatic carbocycles. The van der Waals surface area contributed by atoms with E-state index in [1.54, 1.807) is 18.2 Å². The minimum Gasteiger partial charge on any atom is -0.220 e. The Morgan fingerprint density at radius 2 is 1.00 bits per heavy atom. The van der Waals surface area contributed by atoms with Gasteiger partial charge in [-0.1, -0.05) is 0 Å². The van der Waals surface area contributed by atoms with Crippen molar-refractivity contribution in [2.75, 3.05) is 0 Å². The average molecular weight is 305 g/mol. The van der Waals surface area contributed by atoms with Crippen LogP contribution >= 0.6 is 7.82 Å². The predicted octanol–water partition coefficient (Wildman–Crippen LogP) is 1.68. The Balaban J connectivity index is 4.59. The summed E-state index contributed by atoms with van der Waals surface area (Å²) in [6.07, 6.45) is -3.26. The molecule has 0 aromatic heterocycles. The number of nitriles is 3. The smallest absolute Gasteiger partial charge is 0.220 e. The van der Waals surface area contributed by atoms with Gasteiger partial charge in [0.1, 0.15) is 0 Å². The molecule has 0 aromatic carbocycles. The van der Waals surface area contributed by atoms with Gasteiger partial charge < -0.3 is 0 Å². The van der Waals surface area contributed by atoms with E-state index in [9.17, 15) is 4.57 Å². The molecule has 0 saturated carbocycles. The van der Waals surface area contributed by atoms with Crippen LogP contribution in [0, 0.1) is 34.0 Å². The largest absolute Gasteiger partial charge is 0.556 e. The molecule has 0 amide bonds. The van der Waals surface area contributed by atoms with Gasteiger partial charge in [0, 0.05) is 0 Å². The first-order valence-electron chi connectivity index (χ1n) is 5.21. The van der Waals surface area contributed by atoms with Crippen LogP contribution in [-0.4, -0.2) is 18.3 Å². The second-order valence-electron chi connectivity index (χ2n) is 3.27. The molecule has 110 valence electrons. The Labute approximate surface area is 115 Å². The standard InChI is InChI=1S/C9H12N3O7P/c1-7(4-10)14-17-20(13,18-15-8(2)5-11)19-16-9(3)6-12/h7-9H,1-3H3. The molecule has 0 saturated heterocycles. The molecule has 0 N–H and O–H groups in total. The lowest BCUT2D eigenvalue weighted by Crippen LogP contribution is -2.13. The fourth-order valence-electron chi connectivity index (χ4n) is 0.454. The second-order valence-corrected chi connectivity index (χ2v) is 4.62. The number of nitrogens with zero attached hydrogens (tertiary/aromatic N) is 3. The maximum absolute atomic E-state index is 11.9. The lowest BCUT2D eigenvalue weighted by atomic mass is 10.5. The summed E-state index contributed by atoms with van der Waals surface area (Å²) in [5.74, 6) is 0. The number of phosphoric acid groups is 1. The quantitative estimate of drug-likeness (QED) is 0.350. The summed E-state index contributed by atoms with van der Waals surface area (Å²) in [6.45, 7) is 3.88. The van der Waals surface area contributed by atoms with Gasteiger partial charge in [0.15, 0.2) is 18.3 Å². The molecule has 20 heavy (non-hydrogen) atoms. The van der Waals surface area contributed by atoms with E-state index >= 15 is 0 Å². The molecular weight excluding hydrogens is 293 g/mol. The van der Waals surface area contributed by atoms with Gasteiger partial charge in [0.05, 0.1) is 18.2 Å². The Bertz CT molecular complexity index is 399. The van der Waals surface area contributed by atoms with Gasteiger partial charge in [-0.25, -0.2) is 19.2 Å². The lowest BCUT2D eigenvalue weighted by molar-refractivity contribution is -0.338. The molecule has 0 aliphatic heterocycles. The third-order valence-electron chi connectivity index (χ3n) is 1.38. The third kappa shape index (κ3) is 7.80. The van der Waals surface area contributed by atoms with Gasteiger partial charge >= 0.3 is 7.82 Å². The first kappa shape index (κ1) is 18.5. The summed E-state index contributed by atoms with van der Waals surface area (Å²) in [4.78, 5) is 13.2. The highest BCUT2D eigenvalue weighted by Crippen LogP contribution is 2.50. The van der Waals surface area contributed by atoms with Gasteiger partial charge in [0.25, 0.3) is 0 Å². The summed E-state index contributed by atoms with van der Waals surface area (Å²) >= 11 is 0. The van der Waals surface area contributed by atoms with E-state index in [0.29, 0.717) is 0 Å². The Hall–Kier alpha value is -1.54. The third-order valence-corrected chi connectivity index (χ3v) is 2.19. The van der Waals surface area contributed by atoms with E-state index in [-0.39, 0.29) is 0 Å². The summed E-state index contributed by atoms with van der Waals surface area (Å²) in [7, 11) is -4.54. The zero-order chi connectivity index (χ0) is 15.6. The molecule has 10 nitrogen and oxygen atoms in total. The highest BCUT2D eigenvalue weighted by molar-refractivity contribution is 7.48. The maximum Gasteiger partial charge on any atom is 0.556 e. The van der Waals surface area contributed by atoms with E-state index in [2.05, 4.69) is 28.7 Å². The van der Waals surface area contributed by atoms with Gasteiger partial charge in [-0.15, -0.1) is 14.0 Å². The lowest BCUT2D eigenvalue weighted by Gasteiger charge is -2.16. The average Bonchev–Trinajstić information content (AvgIpc) is 2.47.